The van der Waals surface area contributed by atoms with Crippen LogP contribution in [0.5, 0.6) is 0 Å². The van der Waals surface area contributed by atoms with E-state index in [1.807, 2.05) is 0 Å². The Morgan fingerprint density at radius 2 is 0.633 bits per heavy atom. The van der Waals surface area contributed by atoms with Crippen LogP contribution in [0.2, 0.25) is 0 Å². The molecule has 13 rings (SSSR count). The van der Waals surface area contributed by atoms with E-state index in [4.69, 9.17) is 0 Å². The molecular weight excluding hydrogens is 725 g/mol. The quantitative estimate of drug-likeness (QED) is 0.158. The highest BCUT2D eigenvalue weighted by Gasteiger charge is 2.18. The molecule has 0 aliphatic carbocycles. The normalized spacial score (nSPS) is 12.0. The van der Waals surface area contributed by atoms with Gasteiger partial charge in [-0.05, 0) is 126 Å². The molecule has 0 saturated heterocycles. The van der Waals surface area contributed by atoms with Crippen molar-refractivity contribution < 1.29 is 0 Å². The summed E-state index contributed by atoms with van der Waals surface area (Å²) in [4.78, 5) is 0. The van der Waals surface area contributed by atoms with Crippen molar-refractivity contribution in [3.8, 4) is 33.6 Å². The van der Waals surface area contributed by atoms with Gasteiger partial charge in [0.05, 0.1) is 22.1 Å². The fraction of sp³-hybridized carbons (Fsp3) is 0. The maximum Gasteiger partial charge on any atom is 0.0547 e. The van der Waals surface area contributed by atoms with E-state index in [0.29, 0.717) is 0 Å². The largest absolute Gasteiger partial charge is 0.309 e. The summed E-state index contributed by atoms with van der Waals surface area (Å²) in [6.45, 7) is 0. The van der Waals surface area contributed by atoms with Crippen LogP contribution in [0.3, 0.4) is 0 Å². The second kappa shape index (κ2) is 12.8. The molecular formula is C58H36N2. The van der Waals surface area contributed by atoms with Gasteiger partial charge in [-0.25, -0.2) is 0 Å². The van der Waals surface area contributed by atoms with Gasteiger partial charge in [0, 0.05) is 32.9 Å². The molecule has 0 radical (unpaired) electrons. The van der Waals surface area contributed by atoms with Crippen molar-refractivity contribution in [3.05, 3.63) is 218 Å². The Hall–Kier alpha value is -7.94. The summed E-state index contributed by atoms with van der Waals surface area (Å²) in [6.07, 6.45) is 0. The molecule has 2 aromatic heterocycles. The van der Waals surface area contributed by atoms with Crippen LogP contribution in [0.4, 0.5) is 0 Å². The van der Waals surface area contributed by atoms with Crippen molar-refractivity contribution in [3.63, 3.8) is 0 Å². The van der Waals surface area contributed by atoms with Crippen LogP contribution in [0.15, 0.2) is 218 Å². The van der Waals surface area contributed by atoms with Gasteiger partial charge < -0.3 is 9.13 Å². The summed E-state index contributed by atoms with van der Waals surface area (Å²) in [5.74, 6) is 0. The minimum atomic E-state index is 1.15. The third-order valence-corrected chi connectivity index (χ3v) is 12.9. The number of fused-ring (bicyclic) bond motifs is 13. The van der Waals surface area contributed by atoms with E-state index >= 15 is 0 Å². The lowest BCUT2D eigenvalue weighted by Crippen LogP contribution is -1.94. The molecule has 11 aromatic carbocycles. The highest BCUT2D eigenvalue weighted by Crippen LogP contribution is 2.41. The zero-order chi connectivity index (χ0) is 39.3. The van der Waals surface area contributed by atoms with Crippen LogP contribution < -0.4 is 0 Å². The molecule has 0 spiro atoms. The average Bonchev–Trinajstić information content (AvgIpc) is 3.83. The molecule has 0 saturated carbocycles. The highest BCUT2D eigenvalue weighted by molar-refractivity contribution is 6.26. The fourth-order valence-electron chi connectivity index (χ4n) is 10.1. The Bertz CT molecular complexity index is 3850. The van der Waals surface area contributed by atoms with Crippen molar-refractivity contribution in [2.24, 2.45) is 0 Å². The summed E-state index contributed by atoms with van der Waals surface area (Å²) in [7, 11) is 0. The SMILES string of the molecule is c1ccc(-n2c3ccccc3c3ccc(-c4ccc5c6cc(-c7ccc8c9ccccc9c9ccccc9c8c7)ccc6n(-c6ccc7ccccc7c6)c5c4)cc32)cc1. The molecule has 0 fully saturated rings. The van der Waals surface area contributed by atoms with Gasteiger partial charge in [0.1, 0.15) is 0 Å². The van der Waals surface area contributed by atoms with E-state index < -0.39 is 0 Å². The Morgan fingerprint density at radius 1 is 0.200 bits per heavy atom. The smallest absolute Gasteiger partial charge is 0.0547 e. The third-order valence-electron chi connectivity index (χ3n) is 12.9. The summed E-state index contributed by atoms with van der Waals surface area (Å²) < 4.78 is 4.86. The van der Waals surface area contributed by atoms with Crippen LogP contribution in [-0.2, 0) is 0 Å². The number of benzene rings is 11. The molecule has 0 bridgehead atoms. The number of rotatable bonds is 4. The summed E-state index contributed by atoms with van der Waals surface area (Å²) in [5.41, 5.74) is 11.9. The van der Waals surface area contributed by atoms with E-state index in [2.05, 4.69) is 228 Å². The number of hydrogen-bond acceptors (Lipinski definition) is 0. The van der Waals surface area contributed by atoms with Crippen molar-refractivity contribution in [1.29, 1.82) is 0 Å². The van der Waals surface area contributed by atoms with Gasteiger partial charge in [0.2, 0.25) is 0 Å². The molecule has 0 amide bonds. The molecule has 2 heteroatoms. The molecule has 0 aliphatic rings. The molecule has 2 heterocycles. The molecule has 0 N–H and O–H groups in total. The van der Waals surface area contributed by atoms with Gasteiger partial charge in [-0.3, -0.25) is 0 Å². The van der Waals surface area contributed by atoms with E-state index in [1.54, 1.807) is 0 Å². The first-order chi connectivity index (χ1) is 29.7. The van der Waals surface area contributed by atoms with Gasteiger partial charge in [-0.1, -0.05) is 158 Å². The minimum absolute atomic E-state index is 1.15. The van der Waals surface area contributed by atoms with E-state index in [9.17, 15) is 0 Å². The van der Waals surface area contributed by atoms with Gasteiger partial charge in [-0.15, -0.1) is 0 Å². The standard InChI is InChI=1S/C58H36N2/c1-2-14-43(15-3-1)59-55-21-11-10-20-50(55)51-29-24-41(35-57(51)59)42-25-30-52-54-34-40(26-31-56(54)60(58(52)36-42)44-27-22-37-12-4-5-13-38(37)32-44)39-23-28-49-47-18-7-6-16-45(47)46-17-8-9-19-48(46)53(49)33-39/h1-36H. The summed E-state index contributed by atoms with van der Waals surface area (Å²) >= 11 is 0. The number of para-hydroxylation sites is 2. The topological polar surface area (TPSA) is 9.86 Å². The van der Waals surface area contributed by atoms with Crippen molar-refractivity contribution in [1.82, 2.24) is 9.13 Å². The Morgan fingerprint density at radius 3 is 1.32 bits per heavy atom. The van der Waals surface area contributed by atoms with Crippen LogP contribution >= 0.6 is 0 Å². The number of nitrogens with zero attached hydrogens (tertiary/aromatic N) is 2. The van der Waals surface area contributed by atoms with Crippen LogP contribution in [0, 0.1) is 0 Å². The lowest BCUT2D eigenvalue weighted by molar-refractivity contribution is 1.18. The predicted octanol–water partition coefficient (Wildman–Crippen LogP) is 15.8. The first kappa shape index (κ1) is 33.1. The second-order valence-corrected chi connectivity index (χ2v) is 16.1. The number of aromatic nitrogens is 2. The van der Waals surface area contributed by atoms with E-state index in [1.165, 1.54) is 109 Å². The van der Waals surface area contributed by atoms with Gasteiger partial charge >= 0.3 is 0 Å². The van der Waals surface area contributed by atoms with Gasteiger partial charge in [0.15, 0.2) is 0 Å². The van der Waals surface area contributed by atoms with E-state index in [-0.39, 0.29) is 0 Å². The summed E-state index contributed by atoms with van der Waals surface area (Å²) in [6, 6.07) is 80.7. The average molecular weight is 761 g/mol. The predicted molar refractivity (Wildman–Crippen MR) is 256 cm³/mol. The Kier molecular flexibility index (Phi) is 7.05. The monoisotopic (exact) mass is 760 g/mol. The zero-order valence-electron chi connectivity index (χ0n) is 32.7. The number of hydrogen-bond donors (Lipinski definition) is 0. The fourth-order valence-corrected chi connectivity index (χ4v) is 10.1. The van der Waals surface area contributed by atoms with Gasteiger partial charge in [0.25, 0.3) is 0 Å². The first-order valence-electron chi connectivity index (χ1n) is 20.8. The molecule has 0 atom stereocenters. The minimum Gasteiger partial charge on any atom is -0.309 e. The lowest BCUT2D eigenvalue weighted by atomic mass is 9.92. The maximum absolute atomic E-state index is 2.46. The van der Waals surface area contributed by atoms with E-state index in [0.717, 1.165) is 11.4 Å². The van der Waals surface area contributed by atoms with Crippen molar-refractivity contribution in [2.45, 2.75) is 0 Å². The summed E-state index contributed by atoms with van der Waals surface area (Å²) in [5, 5.41) is 15.2. The zero-order valence-corrected chi connectivity index (χ0v) is 32.7. The molecule has 2 nitrogen and oxygen atoms in total. The molecule has 60 heavy (non-hydrogen) atoms. The third kappa shape index (κ3) is 4.88. The van der Waals surface area contributed by atoms with Crippen molar-refractivity contribution >= 4 is 86.7 Å². The second-order valence-electron chi connectivity index (χ2n) is 16.1. The Balaban J connectivity index is 1.03. The molecule has 0 aliphatic heterocycles. The van der Waals surface area contributed by atoms with Crippen LogP contribution in [0.25, 0.3) is 120 Å². The van der Waals surface area contributed by atoms with Gasteiger partial charge in [-0.2, -0.15) is 0 Å². The van der Waals surface area contributed by atoms with Crippen LogP contribution in [0.1, 0.15) is 0 Å². The first-order valence-corrected chi connectivity index (χ1v) is 20.8. The van der Waals surface area contributed by atoms with Crippen molar-refractivity contribution in [2.75, 3.05) is 0 Å². The van der Waals surface area contributed by atoms with Crippen LogP contribution in [-0.4, -0.2) is 9.13 Å². The lowest BCUT2D eigenvalue weighted by Gasteiger charge is -2.12. The highest BCUT2D eigenvalue weighted by atomic mass is 15.0. The maximum atomic E-state index is 2.46. The molecule has 278 valence electrons. The molecule has 13 aromatic rings. The molecule has 0 unspecified atom stereocenters. The Labute approximate surface area is 346 Å².